The van der Waals surface area contributed by atoms with Crippen molar-refractivity contribution in [1.82, 2.24) is 15.3 Å². The predicted molar refractivity (Wildman–Crippen MR) is 106 cm³/mol. The van der Waals surface area contributed by atoms with Gasteiger partial charge in [-0.15, -0.1) is 0 Å². The molecule has 1 heterocycles. The number of ether oxygens (including phenoxy) is 2. The third kappa shape index (κ3) is 4.61. The Morgan fingerprint density at radius 3 is 2.36 bits per heavy atom. The summed E-state index contributed by atoms with van der Waals surface area (Å²) in [6.45, 7) is 5.58. The fraction of sp³-hybridized carbons (Fsp3) is 0.409. The van der Waals surface area contributed by atoms with Gasteiger partial charge in [-0.05, 0) is 63.7 Å². The lowest BCUT2D eigenvalue weighted by atomic mass is 9.72. The Bertz CT molecular complexity index is 901. The maximum atomic E-state index is 12.2. The first kappa shape index (κ1) is 19.7. The lowest BCUT2D eigenvalue weighted by molar-refractivity contribution is 0.0377. The van der Waals surface area contributed by atoms with E-state index in [4.69, 9.17) is 9.47 Å². The third-order valence-corrected chi connectivity index (χ3v) is 4.57. The van der Waals surface area contributed by atoms with Crippen LogP contribution in [0.5, 0.6) is 5.88 Å². The summed E-state index contributed by atoms with van der Waals surface area (Å²) in [4.78, 5) is 20.5. The quantitative estimate of drug-likeness (QED) is 0.822. The van der Waals surface area contributed by atoms with Crippen molar-refractivity contribution in [2.75, 3.05) is 7.11 Å². The van der Waals surface area contributed by atoms with E-state index in [0.717, 1.165) is 30.4 Å². The highest BCUT2D eigenvalue weighted by atomic mass is 16.6. The maximum absolute atomic E-state index is 12.2. The topological polar surface area (TPSA) is 73.3 Å². The molecule has 0 unspecified atom stereocenters. The van der Waals surface area contributed by atoms with Crippen LogP contribution in [-0.4, -0.2) is 28.8 Å². The van der Waals surface area contributed by atoms with E-state index in [1.165, 1.54) is 0 Å². The molecule has 0 saturated heterocycles. The Labute approximate surface area is 165 Å². The summed E-state index contributed by atoms with van der Waals surface area (Å²) in [5.41, 5.74) is 1.53. The first-order chi connectivity index (χ1) is 13.3. The van der Waals surface area contributed by atoms with Gasteiger partial charge >= 0.3 is 6.09 Å². The summed E-state index contributed by atoms with van der Waals surface area (Å²) < 4.78 is 10.6. The molecule has 1 saturated carbocycles. The van der Waals surface area contributed by atoms with Crippen molar-refractivity contribution in [2.45, 2.75) is 51.2 Å². The Balaban J connectivity index is 1.75. The van der Waals surface area contributed by atoms with Crippen molar-refractivity contribution in [3.8, 4) is 17.7 Å². The second-order valence-corrected chi connectivity index (χ2v) is 7.80. The van der Waals surface area contributed by atoms with E-state index in [0.29, 0.717) is 11.6 Å². The average molecular weight is 379 g/mol. The molecular weight excluding hydrogens is 354 g/mol. The normalized spacial score (nSPS) is 14.9. The minimum atomic E-state index is -0.518. The molecule has 3 rings (SSSR count). The summed E-state index contributed by atoms with van der Waals surface area (Å²) in [7, 11) is 1.54. The van der Waals surface area contributed by atoms with E-state index in [1.54, 1.807) is 19.5 Å². The van der Waals surface area contributed by atoms with E-state index in [1.807, 2.05) is 45.0 Å². The van der Waals surface area contributed by atoms with E-state index in [9.17, 15) is 4.79 Å². The lowest BCUT2D eigenvalue weighted by Crippen LogP contribution is -2.52. The number of rotatable bonds is 3. The molecule has 6 heteroatoms. The second-order valence-electron chi connectivity index (χ2n) is 7.80. The van der Waals surface area contributed by atoms with Crippen LogP contribution in [-0.2, 0) is 10.3 Å². The molecule has 1 N–H and O–H groups in total. The summed E-state index contributed by atoms with van der Waals surface area (Å²) >= 11 is 0. The molecule has 0 radical (unpaired) electrons. The number of hydrogen-bond donors (Lipinski definition) is 1. The number of hydrogen-bond acceptors (Lipinski definition) is 5. The number of methoxy groups -OCH3 is 1. The summed E-state index contributed by atoms with van der Waals surface area (Å²) in [5, 5.41) is 3.06. The zero-order valence-electron chi connectivity index (χ0n) is 16.7. The van der Waals surface area contributed by atoms with Crippen molar-refractivity contribution in [3.63, 3.8) is 0 Å². The van der Waals surface area contributed by atoms with E-state index >= 15 is 0 Å². The van der Waals surface area contributed by atoms with Gasteiger partial charge in [-0.25, -0.2) is 14.8 Å². The Kier molecular flexibility index (Phi) is 5.55. The van der Waals surface area contributed by atoms with Crippen LogP contribution < -0.4 is 10.1 Å². The van der Waals surface area contributed by atoms with Gasteiger partial charge in [0, 0.05) is 18.0 Å². The van der Waals surface area contributed by atoms with Crippen LogP contribution >= 0.6 is 0 Å². The molecule has 0 aliphatic heterocycles. The third-order valence-electron chi connectivity index (χ3n) is 4.57. The number of aromatic nitrogens is 2. The van der Waals surface area contributed by atoms with Crippen LogP contribution in [0.2, 0.25) is 0 Å². The number of carbonyl (C=O) groups excluding carboxylic acids is 1. The Morgan fingerprint density at radius 1 is 1.11 bits per heavy atom. The number of nitrogens with one attached hydrogen (secondary N) is 1. The highest BCUT2D eigenvalue weighted by Crippen LogP contribution is 2.41. The van der Waals surface area contributed by atoms with Crippen molar-refractivity contribution >= 4 is 6.09 Å². The van der Waals surface area contributed by atoms with Crippen LogP contribution in [0.4, 0.5) is 4.79 Å². The fourth-order valence-electron chi connectivity index (χ4n) is 3.08. The van der Waals surface area contributed by atoms with E-state index < -0.39 is 5.60 Å². The minimum absolute atomic E-state index is 0.359. The van der Waals surface area contributed by atoms with Crippen LogP contribution in [0, 0.1) is 11.8 Å². The molecule has 6 nitrogen and oxygen atoms in total. The van der Waals surface area contributed by atoms with Gasteiger partial charge in [-0.2, -0.15) is 0 Å². The second kappa shape index (κ2) is 7.89. The van der Waals surface area contributed by atoms with Gasteiger partial charge in [0.2, 0.25) is 5.88 Å². The molecule has 2 aromatic rings. The van der Waals surface area contributed by atoms with Crippen LogP contribution in [0.25, 0.3) is 0 Å². The first-order valence-corrected chi connectivity index (χ1v) is 9.30. The van der Waals surface area contributed by atoms with Gasteiger partial charge in [0.1, 0.15) is 5.60 Å². The van der Waals surface area contributed by atoms with Gasteiger partial charge in [0.15, 0.2) is 5.69 Å². The SMILES string of the molecule is COc1nccnc1C#Cc1ccc(C2(NC(=O)OC(C)(C)C)CCC2)cc1. The minimum Gasteiger partial charge on any atom is -0.479 e. The lowest BCUT2D eigenvalue weighted by Gasteiger charge is -2.43. The summed E-state index contributed by atoms with van der Waals surface area (Å²) in [5.74, 6) is 6.47. The maximum Gasteiger partial charge on any atom is 0.408 e. The Hall–Kier alpha value is -3.07. The van der Waals surface area contributed by atoms with Gasteiger partial charge in [-0.3, -0.25) is 0 Å². The van der Waals surface area contributed by atoms with E-state index in [-0.39, 0.29) is 11.6 Å². The molecule has 146 valence electrons. The molecule has 1 aromatic carbocycles. The van der Waals surface area contributed by atoms with Crippen molar-refractivity contribution in [1.29, 1.82) is 0 Å². The summed E-state index contributed by atoms with van der Waals surface area (Å²) in [6.07, 6.45) is 5.63. The summed E-state index contributed by atoms with van der Waals surface area (Å²) in [6, 6.07) is 7.91. The molecule has 1 amide bonds. The molecule has 0 bridgehead atoms. The smallest absolute Gasteiger partial charge is 0.408 e. The zero-order valence-corrected chi connectivity index (χ0v) is 16.7. The molecule has 1 aromatic heterocycles. The van der Waals surface area contributed by atoms with Crippen molar-refractivity contribution in [3.05, 3.63) is 53.5 Å². The standard InChI is InChI=1S/C22H25N3O3/c1-21(2,3)28-20(26)25-22(12-5-13-22)17-9-6-16(7-10-17)8-11-18-19(27-4)24-15-14-23-18/h6-7,9-10,14-15H,5,12-13H2,1-4H3,(H,25,26). The molecule has 28 heavy (non-hydrogen) atoms. The van der Waals surface area contributed by atoms with Crippen molar-refractivity contribution in [2.24, 2.45) is 0 Å². The average Bonchev–Trinajstić information content (AvgIpc) is 2.62. The van der Waals surface area contributed by atoms with Crippen LogP contribution in [0.1, 0.15) is 56.9 Å². The van der Waals surface area contributed by atoms with Gasteiger partial charge in [0.05, 0.1) is 12.6 Å². The van der Waals surface area contributed by atoms with Gasteiger partial charge in [-0.1, -0.05) is 18.1 Å². The fourth-order valence-corrected chi connectivity index (χ4v) is 3.08. The number of benzene rings is 1. The van der Waals surface area contributed by atoms with E-state index in [2.05, 4.69) is 27.1 Å². The highest BCUT2D eigenvalue weighted by Gasteiger charge is 2.41. The Morgan fingerprint density at radius 2 is 1.79 bits per heavy atom. The highest BCUT2D eigenvalue weighted by molar-refractivity contribution is 5.69. The largest absolute Gasteiger partial charge is 0.479 e. The molecule has 1 aliphatic carbocycles. The number of alkyl carbamates (subject to hydrolysis) is 1. The predicted octanol–water partition coefficient (Wildman–Crippen LogP) is 3.79. The molecule has 0 spiro atoms. The van der Waals surface area contributed by atoms with Gasteiger partial charge < -0.3 is 14.8 Å². The first-order valence-electron chi connectivity index (χ1n) is 9.30. The molecule has 1 aliphatic rings. The zero-order chi connectivity index (χ0) is 20.2. The molecule has 1 fully saturated rings. The number of carbonyl (C=O) groups is 1. The van der Waals surface area contributed by atoms with Crippen LogP contribution in [0.3, 0.4) is 0 Å². The number of nitrogens with zero attached hydrogens (tertiary/aromatic N) is 2. The monoisotopic (exact) mass is 379 g/mol. The van der Waals surface area contributed by atoms with Crippen LogP contribution in [0.15, 0.2) is 36.7 Å². The van der Waals surface area contributed by atoms with Crippen molar-refractivity contribution < 1.29 is 14.3 Å². The number of amides is 1. The molecule has 0 atom stereocenters. The van der Waals surface area contributed by atoms with Gasteiger partial charge in [0.25, 0.3) is 0 Å². The molecular formula is C22H25N3O3.